The Hall–Kier alpha value is 0.980. The Morgan fingerprint density at radius 2 is 1.56 bits per heavy atom. The molecule has 0 amide bonds. The van der Waals surface area contributed by atoms with E-state index in [4.69, 9.17) is 19.5 Å². The fourth-order valence-corrected chi connectivity index (χ4v) is 0. The summed E-state index contributed by atoms with van der Waals surface area (Å²) in [6.45, 7) is 4.81. The number of hydrogen-bond donors (Lipinski definition) is 3. The van der Waals surface area contributed by atoms with Crippen LogP contribution in [0, 0.1) is 6.92 Å². The summed E-state index contributed by atoms with van der Waals surface area (Å²) >= 11 is 0. The van der Waals surface area contributed by atoms with Crippen LogP contribution >= 0.6 is 8.25 Å². The van der Waals surface area contributed by atoms with Crippen LogP contribution in [0.3, 0.4) is 0 Å². The van der Waals surface area contributed by atoms with E-state index >= 15 is 0 Å². The summed E-state index contributed by atoms with van der Waals surface area (Å²) < 4.78 is 8.70. The summed E-state index contributed by atoms with van der Waals surface area (Å²) in [4.78, 5) is 14.2. The van der Waals surface area contributed by atoms with Crippen LogP contribution in [-0.4, -0.2) is 21.0 Å². The molecule has 0 aromatic heterocycles. The smallest absolute Gasteiger partial charge is 0.426 e. The van der Waals surface area contributed by atoms with E-state index in [0.717, 1.165) is 0 Å². The molecule has 0 aromatic rings. The van der Waals surface area contributed by atoms with Crippen molar-refractivity contribution in [2.24, 2.45) is 0 Å². The first-order valence-corrected chi connectivity index (χ1v) is 2.99. The predicted molar refractivity (Wildman–Crippen MR) is 29.1 cm³/mol. The Labute approximate surface area is 77.1 Å². The van der Waals surface area contributed by atoms with Crippen LogP contribution in [0.15, 0.2) is 0 Å². The topological polar surface area (TPSA) is 77.8 Å². The van der Waals surface area contributed by atoms with Gasteiger partial charge >= 0.3 is 37.8 Å². The second-order valence-corrected chi connectivity index (χ2v) is 1.61. The molecule has 0 aliphatic rings. The minimum Gasteiger partial charge on any atom is -0.426 e. The molecule has 0 saturated carbocycles. The Morgan fingerprint density at radius 1 is 1.56 bits per heavy atom. The van der Waals surface area contributed by atoms with Crippen LogP contribution in [0.5, 0.6) is 0 Å². The van der Waals surface area contributed by atoms with E-state index in [-0.39, 0.29) is 29.6 Å². The van der Waals surface area contributed by atoms with E-state index < -0.39 is 14.4 Å². The first kappa shape index (κ1) is 16.5. The maximum absolute atomic E-state index is 8.70. The molecule has 0 rings (SSSR count). The molecule has 1 atom stereocenters. The van der Waals surface area contributed by atoms with Gasteiger partial charge < -0.3 is 12.0 Å². The van der Waals surface area contributed by atoms with Crippen molar-refractivity contribution in [1.29, 1.82) is 0 Å². The first-order chi connectivity index (χ1) is 3.46. The van der Waals surface area contributed by atoms with Crippen molar-refractivity contribution in [3.63, 3.8) is 0 Å². The monoisotopic (exact) mass is 163 g/mol. The Kier molecular flexibility index (Phi) is 21.5. The SMILES string of the molecule is O=[P+](O)O.[CH2-]C(C)O.[Na+]. The van der Waals surface area contributed by atoms with Crippen molar-refractivity contribution in [3.8, 4) is 0 Å². The van der Waals surface area contributed by atoms with Crippen molar-refractivity contribution in [2.75, 3.05) is 0 Å². The van der Waals surface area contributed by atoms with Crippen molar-refractivity contribution in [2.45, 2.75) is 13.0 Å². The van der Waals surface area contributed by atoms with Crippen molar-refractivity contribution >= 4 is 8.25 Å². The maximum Gasteiger partial charge on any atom is 1.00 e. The van der Waals surface area contributed by atoms with Gasteiger partial charge in [-0.25, -0.2) is 0 Å². The third kappa shape index (κ3) is 456. The van der Waals surface area contributed by atoms with E-state index in [9.17, 15) is 0 Å². The Balaban J connectivity index is -0.0000000720. The zero-order valence-corrected chi connectivity index (χ0v) is 8.38. The van der Waals surface area contributed by atoms with Gasteiger partial charge in [-0.3, -0.25) is 0 Å². The van der Waals surface area contributed by atoms with E-state index in [1.165, 1.54) is 0 Å². The zero-order valence-electron chi connectivity index (χ0n) is 5.48. The van der Waals surface area contributed by atoms with Gasteiger partial charge in [0.25, 0.3) is 0 Å². The minimum absolute atomic E-state index is 0. The number of hydrogen-bond acceptors (Lipinski definition) is 2. The van der Waals surface area contributed by atoms with Crippen LogP contribution in [0.25, 0.3) is 0 Å². The molecule has 4 nitrogen and oxygen atoms in total. The zero-order chi connectivity index (χ0) is 7.15. The Morgan fingerprint density at radius 3 is 1.56 bits per heavy atom. The van der Waals surface area contributed by atoms with Gasteiger partial charge in [-0.05, 0) is 0 Å². The normalized spacial score (nSPS) is 9.89. The third-order valence-electron chi connectivity index (χ3n) is 0. The first-order valence-electron chi connectivity index (χ1n) is 1.83. The minimum atomic E-state index is -2.87. The molecule has 3 N–H and O–H groups in total. The number of rotatable bonds is 0. The quantitative estimate of drug-likeness (QED) is 0.200. The molecule has 6 heteroatoms. The summed E-state index contributed by atoms with van der Waals surface area (Å²) in [5, 5.41) is 7.94. The van der Waals surface area contributed by atoms with Crippen LogP contribution in [0.2, 0.25) is 0 Å². The summed E-state index contributed by atoms with van der Waals surface area (Å²) in [6.07, 6.45) is -0.417. The molecule has 1 unspecified atom stereocenters. The van der Waals surface area contributed by atoms with Crippen molar-refractivity contribution in [1.82, 2.24) is 0 Å². The van der Waals surface area contributed by atoms with Gasteiger partial charge in [0.2, 0.25) is 0 Å². The van der Waals surface area contributed by atoms with Gasteiger partial charge in [-0.1, -0.05) is 13.0 Å². The van der Waals surface area contributed by atoms with Crippen LogP contribution in [0.4, 0.5) is 0 Å². The molecule has 50 valence electrons. The van der Waals surface area contributed by atoms with Crippen molar-refractivity contribution in [3.05, 3.63) is 6.92 Å². The molecular weight excluding hydrogens is 154 g/mol. The van der Waals surface area contributed by atoms with Gasteiger partial charge in [0, 0.05) is 4.57 Å². The molecule has 0 spiro atoms. The molecule has 0 saturated heterocycles. The average molecular weight is 163 g/mol. The largest absolute Gasteiger partial charge is 1.00 e. The number of aliphatic hydroxyl groups is 1. The molecule has 0 fully saturated rings. The Bertz CT molecular complexity index is 60.1. The van der Waals surface area contributed by atoms with Crippen LogP contribution < -0.4 is 29.6 Å². The van der Waals surface area contributed by atoms with Gasteiger partial charge in [0.05, 0.1) is 0 Å². The summed E-state index contributed by atoms with van der Waals surface area (Å²) in [5.41, 5.74) is 0. The second-order valence-electron chi connectivity index (χ2n) is 1.10. The van der Waals surface area contributed by atoms with Crippen molar-refractivity contribution < 1.29 is 49.0 Å². The van der Waals surface area contributed by atoms with Gasteiger partial charge in [-0.2, -0.15) is 0 Å². The molecule has 0 aromatic carbocycles. The maximum atomic E-state index is 8.70. The van der Waals surface area contributed by atoms with Crippen LogP contribution in [-0.2, 0) is 4.57 Å². The van der Waals surface area contributed by atoms with E-state index in [1.54, 1.807) is 6.92 Å². The third-order valence-corrected chi connectivity index (χ3v) is 0. The summed E-state index contributed by atoms with van der Waals surface area (Å²) in [6, 6.07) is 0. The van der Waals surface area contributed by atoms with Gasteiger partial charge in [0.1, 0.15) is 0 Å². The molecule has 0 aliphatic heterocycles. The predicted octanol–water partition coefficient (Wildman–Crippen LogP) is -3.17. The number of aliphatic hydroxyl groups excluding tert-OH is 1. The molecule has 9 heavy (non-hydrogen) atoms. The fourth-order valence-electron chi connectivity index (χ4n) is 0. The van der Waals surface area contributed by atoms with Gasteiger partial charge in [0.15, 0.2) is 0 Å². The molecular formula is C3H9NaO4P+. The molecule has 0 heterocycles. The van der Waals surface area contributed by atoms with E-state index in [0.29, 0.717) is 0 Å². The molecule has 0 aliphatic carbocycles. The van der Waals surface area contributed by atoms with Gasteiger partial charge in [-0.15, -0.1) is 9.79 Å². The second kappa shape index (κ2) is 11.7. The van der Waals surface area contributed by atoms with E-state index in [2.05, 4.69) is 6.92 Å². The molecule has 0 radical (unpaired) electrons. The summed E-state index contributed by atoms with van der Waals surface area (Å²) in [5.74, 6) is 0. The van der Waals surface area contributed by atoms with Crippen LogP contribution in [0.1, 0.15) is 6.92 Å². The molecule has 0 bridgehead atoms. The average Bonchev–Trinajstić information content (AvgIpc) is 1.25. The van der Waals surface area contributed by atoms with E-state index in [1.807, 2.05) is 0 Å². The fraction of sp³-hybridized carbons (Fsp3) is 0.667. The standard InChI is InChI=1S/C3H7O.Na.HO3P/c1-3(2)4;;1-4(2)3/h3-4H,1H2,2H3;;(H-,1,2,3)/q-1;+1;/p+1. The summed E-state index contributed by atoms with van der Waals surface area (Å²) in [7, 11) is -2.87.